The molecule has 2 aromatic heterocycles. The van der Waals surface area contributed by atoms with E-state index in [0.29, 0.717) is 16.5 Å². The fraction of sp³-hybridized carbons (Fsp3) is 0.548. The number of benzene rings is 1. The first kappa shape index (κ1) is 29.0. The van der Waals surface area contributed by atoms with Gasteiger partial charge in [0.2, 0.25) is 10.0 Å². The fourth-order valence-corrected chi connectivity index (χ4v) is 7.55. The van der Waals surface area contributed by atoms with Crippen LogP contribution in [0.15, 0.2) is 36.4 Å². The molecule has 2 atom stereocenters. The quantitative estimate of drug-likeness (QED) is 0.332. The zero-order chi connectivity index (χ0) is 28.5. The van der Waals surface area contributed by atoms with Crippen LogP contribution in [0.3, 0.4) is 0 Å². The second-order valence-corrected chi connectivity index (χ2v) is 15.4. The smallest absolute Gasteiger partial charge is 0.261 e. The van der Waals surface area contributed by atoms with Crippen molar-refractivity contribution in [2.45, 2.75) is 71.8 Å². The number of aryl methyl sites for hydroxylation is 1. The molecule has 3 heterocycles. The highest BCUT2D eigenvalue weighted by atomic mass is 32.2. The maximum absolute atomic E-state index is 13.6. The minimum absolute atomic E-state index is 0.112. The van der Waals surface area contributed by atoms with Crippen LogP contribution >= 0.6 is 11.3 Å². The lowest BCUT2D eigenvalue weighted by Crippen LogP contribution is -2.35. The highest BCUT2D eigenvalue weighted by molar-refractivity contribution is 7.92. The summed E-state index contributed by atoms with van der Waals surface area (Å²) in [7, 11) is -3.40. The van der Waals surface area contributed by atoms with Crippen molar-refractivity contribution in [2.24, 2.45) is 11.3 Å². The van der Waals surface area contributed by atoms with E-state index in [1.165, 1.54) is 41.9 Å². The summed E-state index contributed by atoms with van der Waals surface area (Å²) in [5, 5.41) is 4.31. The van der Waals surface area contributed by atoms with E-state index in [0.717, 1.165) is 67.4 Å². The van der Waals surface area contributed by atoms with Crippen LogP contribution in [0.4, 0.5) is 5.69 Å². The number of pyridine rings is 1. The average Bonchev–Trinajstić information content (AvgIpc) is 3.31. The van der Waals surface area contributed by atoms with Gasteiger partial charge in [-0.15, -0.1) is 11.3 Å². The number of likely N-dealkylation sites (tertiary alicyclic amines) is 1. The van der Waals surface area contributed by atoms with Crippen molar-refractivity contribution in [3.8, 4) is 0 Å². The van der Waals surface area contributed by atoms with Gasteiger partial charge >= 0.3 is 0 Å². The lowest BCUT2D eigenvalue weighted by atomic mass is 9.71. The molecule has 40 heavy (non-hydrogen) atoms. The Balaban J connectivity index is 1.37. The molecule has 9 heteroatoms. The number of hydrogen-bond donors (Lipinski definition) is 2. The number of piperidine rings is 1. The molecule has 5 rings (SSSR count). The zero-order valence-electron chi connectivity index (χ0n) is 24.1. The zero-order valence-corrected chi connectivity index (χ0v) is 25.8. The van der Waals surface area contributed by atoms with Crippen molar-refractivity contribution < 1.29 is 13.2 Å². The first-order valence-electron chi connectivity index (χ1n) is 14.5. The number of anilines is 1. The van der Waals surface area contributed by atoms with Gasteiger partial charge in [-0.25, -0.2) is 13.4 Å². The monoisotopic (exact) mass is 582 g/mol. The van der Waals surface area contributed by atoms with E-state index >= 15 is 0 Å². The third-order valence-corrected chi connectivity index (χ3v) is 10.1. The molecule has 1 saturated heterocycles. The molecule has 216 valence electrons. The summed E-state index contributed by atoms with van der Waals surface area (Å²) in [6.45, 7) is 9.99. The minimum atomic E-state index is -3.40. The molecule has 3 aromatic rings. The molecule has 0 bridgehead atoms. The van der Waals surface area contributed by atoms with E-state index < -0.39 is 10.0 Å². The summed E-state index contributed by atoms with van der Waals surface area (Å²) < 4.78 is 26.2. The number of nitrogens with zero attached hydrogens (tertiary/aromatic N) is 2. The van der Waals surface area contributed by atoms with Crippen molar-refractivity contribution >= 4 is 43.2 Å². The summed E-state index contributed by atoms with van der Waals surface area (Å²) >= 11 is 1.45. The molecular weight excluding hydrogens is 541 g/mol. The molecular formula is C31H42N4O3S2. The summed E-state index contributed by atoms with van der Waals surface area (Å²) in [6.07, 6.45) is 8.76. The molecule has 1 unspecified atom stereocenters. The molecule has 0 radical (unpaired) electrons. The van der Waals surface area contributed by atoms with Gasteiger partial charge in [0.1, 0.15) is 4.83 Å². The number of aromatic nitrogens is 1. The summed E-state index contributed by atoms with van der Waals surface area (Å²) in [5.41, 5.74) is 4.16. The predicted octanol–water partition coefficient (Wildman–Crippen LogP) is 6.17. The van der Waals surface area contributed by atoms with Gasteiger partial charge in [0.25, 0.3) is 5.91 Å². The van der Waals surface area contributed by atoms with Crippen LogP contribution in [0.2, 0.25) is 0 Å². The van der Waals surface area contributed by atoms with E-state index in [4.69, 9.17) is 4.98 Å². The maximum atomic E-state index is 13.6. The van der Waals surface area contributed by atoms with Crippen molar-refractivity contribution in [3.05, 3.63) is 58.1 Å². The Kier molecular flexibility index (Phi) is 8.55. The van der Waals surface area contributed by atoms with Gasteiger partial charge in [0.15, 0.2) is 0 Å². The van der Waals surface area contributed by atoms with Gasteiger partial charge in [-0.05, 0) is 98.3 Å². The van der Waals surface area contributed by atoms with Crippen LogP contribution < -0.4 is 10.0 Å². The Bertz CT molecular complexity index is 1470. The highest BCUT2D eigenvalue weighted by Gasteiger charge is 2.30. The Morgan fingerprint density at radius 3 is 2.65 bits per heavy atom. The molecule has 1 aliphatic carbocycles. The van der Waals surface area contributed by atoms with Crippen molar-refractivity contribution in [3.63, 3.8) is 0 Å². The molecule has 1 aromatic carbocycles. The largest absolute Gasteiger partial charge is 0.344 e. The second kappa shape index (κ2) is 11.8. The van der Waals surface area contributed by atoms with E-state index in [1.807, 2.05) is 24.3 Å². The normalized spacial score (nSPS) is 19.2. The molecule has 7 nitrogen and oxygen atoms in total. The van der Waals surface area contributed by atoms with E-state index in [9.17, 15) is 13.2 Å². The van der Waals surface area contributed by atoms with Crippen LogP contribution in [-0.2, 0) is 22.9 Å². The van der Waals surface area contributed by atoms with Crippen LogP contribution in [0.25, 0.3) is 10.2 Å². The Morgan fingerprint density at radius 1 is 1.15 bits per heavy atom. The molecule has 0 saturated carbocycles. The van der Waals surface area contributed by atoms with Gasteiger partial charge in [-0.1, -0.05) is 39.3 Å². The Labute approximate surface area is 242 Å². The fourth-order valence-electron chi connectivity index (χ4n) is 6.05. The van der Waals surface area contributed by atoms with Crippen LogP contribution in [0.5, 0.6) is 0 Å². The summed E-state index contributed by atoms with van der Waals surface area (Å²) in [5.74, 6) is 0.521. The number of rotatable bonds is 8. The van der Waals surface area contributed by atoms with Crippen LogP contribution in [-0.4, -0.2) is 50.1 Å². The van der Waals surface area contributed by atoms with Crippen molar-refractivity contribution in [1.82, 2.24) is 15.2 Å². The van der Waals surface area contributed by atoms with Gasteiger partial charge < -0.3 is 10.2 Å². The van der Waals surface area contributed by atoms with Crippen LogP contribution in [0.1, 0.15) is 85.4 Å². The number of sulfonamides is 1. The standard InChI is InChI=1S/C31H42N4O3S2/c1-31(2,3)24-11-12-26-22(18-24)17-23-20-28(39-30(23)33-26)29(36)32-27(13-16-35-14-6-5-7-15-35)21-9-8-10-25(19-21)34-40(4,37)38/h8-10,17,19-20,24,27,34H,5-7,11-16,18H2,1-4H3,(H,32,36)/t24-,27?/m0/s1. The predicted molar refractivity (Wildman–Crippen MR) is 165 cm³/mol. The first-order valence-corrected chi connectivity index (χ1v) is 17.2. The molecule has 1 fully saturated rings. The number of fused-ring (bicyclic) bond motifs is 2. The topological polar surface area (TPSA) is 91.4 Å². The number of amides is 1. The highest BCUT2D eigenvalue weighted by Crippen LogP contribution is 2.38. The Hall–Kier alpha value is -2.49. The number of thiophene rings is 1. The number of nitrogens with one attached hydrogen (secondary N) is 2. The van der Waals surface area contributed by atoms with E-state index in [2.05, 4.69) is 41.8 Å². The molecule has 2 aliphatic rings. The first-order chi connectivity index (χ1) is 18.9. The second-order valence-electron chi connectivity index (χ2n) is 12.6. The van der Waals surface area contributed by atoms with Gasteiger partial charge in [-0.2, -0.15) is 0 Å². The van der Waals surface area contributed by atoms with Gasteiger partial charge in [0, 0.05) is 23.3 Å². The SMILES string of the molecule is CC(C)(C)[C@H]1CCc2nc3sc(C(=O)NC(CCN4CCCCC4)c4cccc(NS(C)(=O)=O)c4)cc3cc2C1. The lowest BCUT2D eigenvalue weighted by molar-refractivity contribution is 0.0934. The maximum Gasteiger partial charge on any atom is 0.261 e. The van der Waals surface area contributed by atoms with Crippen molar-refractivity contribution in [1.29, 1.82) is 0 Å². The van der Waals surface area contributed by atoms with E-state index in [-0.39, 0.29) is 17.4 Å². The number of carbonyl (C=O) groups is 1. The van der Waals surface area contributed by atoms with E-state index in [1.54, 1.807) is 6.07 Å². The molecule has 2 N–H and O–H groups in total. The molecule has 1 amide bonds. The number of hydrogen-bond acceptors (Lipinski definition) is 6. The van der Waals surface area contributed by atoms with Gasteiger partial charge in [0.05, 0.1) is 17.2 Å². The third kappa shape index (κ3) is 7.22. The molecule has 0 spiro atoms. The van der Waals surface area contributed by atoms with Gasteiger partial charge in [-0.3, -0.25) is 9.52 Å². The Morgan fingerprint density at radius 2 is 1.93 bits per heavy atom. The third-order valence-electron chi connectivity index (χ3n) is 8.40. The number of carbonyl (C=O) groups excluding carboxylic acids is 1. The lowest BCUT2D eigenvalue weighted by Gasteiger charge is -2.34. The summed E-state index contributed by atoms with van der Waals surface area (Å²) in [4.78, 5) is 22.6. The minimum Gasteiger partial charge on any atom is -0.344 e. The van der Waals surface area contributed by atoms with Crippen LogP contribution in [0, 0.1) is 11.3 Å². The average molecular weight is 583 g/mol. The summed E-state index contributed by atoms with van der Waals surface area (Å²) in [6, 6.07) is 11.3. The molecule has 1 aliphatic heterocycles. The van der Waals surface area contributed by atoms with Crippen molar-refractivity contribution in [2.75, 3.05) is 30.6 Å².